The van der Waals surface area contributed by atoms with Crippen molar-refractivity contribution in [3.8, 4) is 11.4 Å². The number of fused-ring (bicyclic) bond motifs is 1. The summed E-state index contributed by atoms with van der Waals surface area (Å²) >= 11 is 0. The molecular weight excluding hydrogens is 411 g/mol. The zero-order chi connectivity index (χ0) is 19.8. The van der Waals surface area contributed by atoms with Crippen molar-refractivity contribution >= 4 is 18.3 Å². The van der Waals surface area contributed by atoms with E-state index < -0.39 is 0 Å². The molecule has 0 bridgehead atoms. The Labute approximate surface area is 180 Å². The van der Waals surface area contributed by atoms with E-state index in [2.05, 4.69) is 26.3 Å². The highest BCUT2D eigenvalue weighted by Crippen LogP contribution is 2.29. The largest absolute Gasteiger partial charge is 0.340 e. The van der Waals surface area contributed by atoms with Crippen LogP contribution in [0.2, 0.25) is 0 Å². The molecule has 3 saturated heterocycles. The molecule has 3 aliphatic heterocycles. The van der Waals surface area contributed by atoms with Gasteiger partial charge in [0.05, 0.1) is 5.92 Å². The summed E-state index contributed by atoms with van der Waals surface area (Å²) in [5.41, 5.74) is 7.22. The minimum absolute atomic E-state index is 0. The molecule has 2 aromatic rings. The summed E-state index contributed by atoms with van der Waals surface area (Å²) in [4.78, 5) is 19.6. The van der Waals surface area contributed by atoms with Gasteiger partial charge in [0.2, 0.25) is 17.6 Å². The third-order valence-electron chi connectivity index (χ3n) is 6.27. The minimum Gasteiger partial charge on any atom is -0.340 e. The predicted molar refractivity (Wildman–Crippen MR) is 110 cm³/mol. The molecule has 4 heterocycles. The smallest absolute Gasteiger partial charge is 0.241 e. The van der Waals surface area contributed by atoms with Gasteiger partial charge in [-0.2, -0.15) is 4.98 Å². The average molecular weight is 437 g/mol. The Morgan fingerprint density at radius 2 is 2.03 bits per heavy atom. The Kier molecular flexibility index (Phi) is 6.33. The molecule has 162 valence electrons. The summed E-state index contributed by atoms with van der Waals surface area (Å²) in [5.74, 6) is 1.10. The van der Waals surface area contributed by atoms with Gasteiger partial charge >= 0.3 is 0 Å². The summed E-state index contributed by atoms with van der Waals surface area (Å²) in [7, 11) is 0. The first-order chi connectivity index (χ1) is 14.2. The summed E-state index contributed by atoms with van der Waals surface area (Å²) < 4.78 is 18.6. The number of carbonyl (C=O) groups is 1. The van der Waals surface area contributed by atoms with Crippen molar-refractivity contribution in [3.05, 3.63) is 36.0 Å². The number of aromatic nitrogens is 2. The maximum absolute atomic E-state index is 13.2. The molecular formula is C20H26ClFN6O2. The predicted octanol–water partition coefficient (Wildman–Crippen LogP) is 1.46. The SMILES string of the molecule is Cl.O=C(C1NNC2CCNCC21)N1CCCC(c2nc(-c3ccc(F)cc3)no2)C1. The monoisotopic (exact) mass is 436 g/mol. The van der Waals surface area contributed by atoms with Gasteiger partial charge in [0.15, 0.2) is 0 Å². The van der Waals surface area contributed by atoms with Gasteiger partial charge in [0.1, 0.15) is 11.9 Å². The zero-order valence-electron chi connectivity index (χ0n) is 16.5. The van der Waals surface area contributed by atoms with Gasteiger partial charge in [-0.3, -0.25) is 10.2 Å². The number of nitrogens with zero attached hydrogens (tertiary/aromatic N) is 3. The van der Waals surface area contributed by atoms with Crippen molar-refractivity contribution in [3.63, 3.8) is 0 Å². The number of halogens is 2. The van der Waals surface area contributed by atoms with Crippen LogP contribution in [-0.4, -0.2) is 59.2 Å². The average Bonchev–Trinajstić information content (AvgIpc) is 3.42. The Balaban J connectivity index is 0.00000218. The third kappa shape index (κ3) is 4.07. The molecule has 3 fully saturated rings. The second-order valence-electron chi connectivity index (χ2n) is 8.12. The van der Waals surface area contributed by atoms with Crippen LogP contribution >= 0.6 is 12.4 Å². The van der Waals surface area contributed by atoms with E-state index in [-0.39, 0.29) is 42.0 Å². The Morgan fingerprint density at radius 1 is 1.20 bits per heavy atom. The van der Waals surface area contributed by atoms with E-state index in [9.17, 15) is 9.18 Å². The minimum atomic E-state index is -0.302. The van der Waals surface area contributed by atoms with Crippen LogP contribution in [-0.2, 0) is 4.79 Å². The number of hydrogen-bond acceptors (Lipinski definition) is 7. The van der Waals surface area contributed by atoms with Crippen LogP contribution in [0.3, 0.4) is 0 Å². The van der Waals surface area contributed by atoms with Gasteiger partial charge in [-0.1, -0.05) is 5.16 Å². The topological polar surface area (TPSA) is 95.3 Å². The maximum Gasteiger partial charge on any atom is 0.241 e. The fourth-order valence-corrected chi connectivity index (χ4v) is 4.65. The van der Waals surface area contributed by atoms with E-state index in [1.807, 2.05) is 4.90 Å². The van der Waals surface area contributed by atoms with Crippen LogP contribution in [0.4, 0.5) is 4.39 Å². The fourth-order valence-electron chi connectivity index (χ4n) is 4.65. The molecule has 0 radical (unpaired) electrons. The molecule has 0 spiro atoms. The zero-order valence-corrected chi connectivity index (χ0v) is 17.3. The lowest BCUT2D eigenvalue weighted by atomic mass is 9.88. The van der Waals surface area contributed by atoms with E-state index in [0.717, 1.165) is 38.9 Å². The first-order valence-corrected chi connectivity index (χ1v) is 10.3. The molecule has 3 aliphatic rings. The Bertz CT molecular complexity index is 878. The molecule has 1 aromatic heterocycles. The number of likely N-dealkylation sites (tertiary alicyclic amines) is 1. The summed E-state index contributed by atoms with van der Waals surface area (Å²) in [5, 5.41) is 7.44. The molecule has 5 rings (SSSR count). The lowest BCUT2D eigenvalue weighted by Gasteiger charge is -2.35. The second-order valence-corrected chi connectivity index (χ2v) is 8.12. The molecule has 4 atom stereocenters. The summed E-state index contributed by atoms with van der Waals surface area (Å²) in [6.45, 7) is 3.16. The number of piperidine rings is 2. The molecule has 1 aromatic carbocycles. The van der Waals surface area contributed by atoms with E-state index in [1.165, 1.54) is 12.1 Å². The fraction of sp³-hybridized carbons (Fsp3) is 0.550. The number of hydrogen-bond donors (Lipinski definition) is 3. The highest BCUT2D eigenvalue weighted by atomic mass is 35.5. The molecule has 1 amide bonds. The number of carbonyl (C=O) groups excluding carboxylic acids is 1. The standard InChI is InChI=1S/C20H25FN6O2.ClH/c21-14-5-3-12(4-6-14)18-23-19(29-26-18)13-2-1-9-27(11-13)20(28)17-15-10-22-8-7-16(15)24-25-17;/h3-6,13,15-17,22,24-25H,1-2,7-11H2;1H. The van der Waals surface area contributed by atoms with Gasteiger partial charge in [0.25, 0.3) is 0 Å². The van der Waals surface area contributed by atoms with Crippen LogP contribution < -0.4 is 16.2 Å². The van der Waals surface area contributed by atoms with Crippen molar-refractivity contribution in [1.29, 1.82) is 0 Å². The highest BCUT2D eigenvalue weighted by molar-refractivity contribution is 5.85. The molecule has 3 N–H and O–H groups in total. The van der Waals surface area contributed by atoms with Gasteiger partial charge < -0.3 is 14.7 Å². The third-order valence-corrected chi connectivity index (χ3v) is 6.27. The number of rotatable bonds is 3. The second kappa shape index (κ2) is 8.97. The van der Waals surface area contributed by atoms with Crippen LogP contribution in [0.15, 0.2) is 28.8 Å². The Morgan fingerprint density at radius 3 is 2.87 bits per heavy atom. The van der Waals surface area contributed by atoms with E-state index in [1.54, 1.807) is 12.1 Å². The lowest BCUT2D eigenvalue weighted by Crippen LogP contribution is -2.52. The Hall–Kier alpha value is -2.07. The molecule has 8 nitrogen and oxygen atoms in total. The van der Waals surface area contributed by atoms with Crippen LogP contribution in [0.5, 0.6) is 0 Å². The normalized spacial score (nSPS) is 28.6. The molecule has 10 heteroatoms. The number of hydrazine groups is 1. The molecule has 30 heavy (non-hydrogen) atoms. The molecule has 0 saturated carbocycles. The first kappa shape index (κ1) is 21.2. The maximum atomic E-state index is 13.2. The van der Waals surface area contributed by atoms with Crippen molar-refractivity contribution in [2.45, 2.75) is 37.3 Å². The van der Waals surface area contributed by atoms with Crippen LogP contribution in [0, 0.1) is 11.7 Å². The van der Waals surface area contributed by atoms with Gasteiger partial charge in [-0.05, 0) is 50.1 Å². The summed E-state index contributed by atoms with van der Waals surface area (Å²) in [6.07, 6.45) is 2.83. The number of amides is 1. The molecule has 0 aliphatic carbocycles. The lowest BCUT2D eigenvalue weighted by molar-refractivity contribution is -0.135. The van der Waals surface area contributed by atoms with E-state index >= 15 is 0 Å². The number of nitrogens with one attached hydrogen (secondary N) is 3. The number of benzene rings is 1. The van der Waals surface area contributed by atoms with Crippen molar-refractivity contribution in [2.75, 3.05) is 26.2 Å². The van der Waals surface area contributed by atoms with Gasteiger partial charge in [0, 0.05) is 37.2 Å². The van der Waals surface area contributed by atoms with E-state index in [4.69, 9.17) is 4.52 Å². The summed E-state index contributed by atoms with van der Waals surface area (Å²) in [6, 6.07) is 6.16. The van der Waals surface area contributed by atoms with Gasteiger partial charge in [-0.15, -0.1) is 12.4 Å². The van der Waals surface area contributed by atoms with Gasteiger partial charge in [-0.25, -0.2) is 9.82 Å². The first-order valence-electron chi connectivity index (χ1n) is 10.3. The van der Waals surface area contributed by atoms with Crippen molar-refractivity contribution in [2.24, 2.45) is 5.92 Å². The van der Waals surface area contributed by atoms with Crippen LogP contribution in [0.1, 0.15) is 31.1 Å². The highest BCUT2D eigenvalue weighted by Gasteiger charge is 2.43. The van der Waals surface area contributed by atoms with E-state index in [0.29, 0.717) is 29.9 Å². The molecule has 4 unspecified atom stereocenters. The quantitative estimate of drug-likeness (QED) is 0.670. The van der Waals surface area contributed by atoms with Crippen LogP contribution in [0.25, 0.3) is 11.4 Å². The van der Waals surface area contributed by atoms with Crippen molar-refractivity contribution in [1.82, 2.24) is 31.2 Å². The van der Waals surface area contributed by atoms with Crippen molar-refractivity contribution < 1.29 is 13.7 Å².